The number of hydrogen-bond donors (Lipinski definition) is 2. The second-order valence-electron chi connectivity index (χ2n) is 6.60. The number of thiophene rings is 1. The summed E-state index contributed by atoms with van der Waals surface area (Å²) in [7, 11) is -3.39. The molecule has 9 heteroatoms. The van der Waals surface area contributed by atoms with Crippen molar-refractivity contribution < 1.29 is 8.42 Å². The molecule has 6 nitrogen and oxygen atoms in total. The third kappa shape index (κ3) is 7.51. The van der Waals surface area contributed by atoms with Crippen LogP contribution in [0.2, 0.25) is 0 Å². The molecule has 1 heterocycles. The first-order valence-electron chi connectivity index (χ1n) is 10.1. The van der Waals surface area contributed by atoms with E-state index in [9.17, 15) is 8.42 Å². The highest BCUT2D eigenvalue weighted by Crippen LogP contribution is 2.25. The summed E-state index contributed by atoms with van der Waals surface area (Å²) in [5.74, 6) is 0.761. The second-order valence-corrected chi connectivity index (χ2v) is 9.93. The molecule has 1 unspecified atom stereocenters. The van der Waals surface area contributed by atoms with Gasteiger partial charge >= 0.3 is 0 Å². The monoisotopic (exact) mass is 564 g/mol. The summed E-state index contributed by atoms with van der Waals surface area (Å²) < 4.78 is 27.1. The fourth-order valence-corrected chi connectivity index (χ4v) is 5.91. The van der Waals surface area contributed by atoms with E-state index in [0.717, 1.165) is 17.4 Å². The largest absolute Gasteiger partial charge is 0.357 e. The summed E-state index contributed by atoms with van der Waals surface area (Å²) in [6, 6.07) is 14.0. The molecule has 1 aromatic heterocycles. The Morgan fingerprint density at radius 3 is 2.37 bits per heavy atom. The van der Waals surface area contributed by atoms with Crippen LogP contribution in [0.3, 0.4) is 0 Å². The molecule has 0 spiro atoms. The highest BCUT2D eigenvalue weighted by atomic mass is 127. The highest BCUT2D eigenvalue weighted by Gasteiger charge is 2.23. The summed E-state index contributed by atoms with van der Waals surface area (Å²) in [5.41, 5.74) is 1.20. The maximum absolute atomic E-state index is 12.6. The maximum Gasteiger partial charge on any atom is 0.252 e. The van der Waals surface area contributed by atoms with Gasteiger partial charge in [-0.15, -0.1) is 35.3 Å². The molecule has 0 radical (unpaired) electrons. The maximum atomic E-state index is 12.6. The van der Waals surface area contributed by atoms with E-state index in [1.54, 1.807) is 6.07 Å². The van der Waals surface area contributed by atoms with Gasteiger partial charge in [-0.1, -0.05) is 44.2 Å². The zero-order valence-corrected chi connectivity index (χ0v) is 22.1. The van der Waals surface area contributed by atoms with E-state index < -0.39 is 10.0 Å². The molecule has 168 valence electrons. The van der Waals surface area contributed by atoms with Crippen LogP contribution in [0.25, 0.3) is 0 Å². The Hall–Kier alpha value is -1.17. The van der Waals surface area contributed by atoms with Crippen LogP contribution in [0.4, 0.5) is 0 Å². The van der Waals surface area contributed by atoms with Crippen molar-refractivity contribution in [3.8, 4) is 0 Å². The molecule has 1 atom stereocenters. The Bertz CT molecular complexity index is 881. The van der Waals surface area contributed by atoms with Gasteiger partial charge in [0.05, 0.1) is 6.04 Å². The standard InChI is InChI=1S/C21H32N4O2S2.HI/c1-5-22-21(24-17(4)18-11-9-8-10-12-18)23-16-15-19-13-14-20(28-19)29(26,27)25(6-2)7-3;/h8-14,17H,5-7,15-16H2,1-4H3,(H2,22,23,24);1H. The van der Waals surface area contributed by atoms with Gasteiger partial charge in [0.25, 0.3) is 10.0 Å². The molecule has 2 rings (SSSR count). The summed E-state index contributed by atoms with van der Waals surface area (Å²) in [6.45, 7) is 10.2. The van der Waals surface area contributed by atoms with Gasteiger partial charge in [-0.05, 0) is 31.5 Å². The highest BCUT2D eigenvalue weighted by molar-refractivity contribution is 14.0. The molecule has 0 amide bonds. The summed E-state index contributed by atoms with van der Waals surface area (Å²) in [6.07, 6.45) is 0.703. The molecule has 0 bridgehead atoms. The van der Waals surface area contributed by atoms with Gasteiger partial charge in [0.2, 0.25) is 0 Å². The lowest BCUT2D eigenvalue weighted by Gasteiger charge is -2.18. The molecule has 0 fully saturated rings. The Morgan fingerprint density at radius 1 is 1.10 bits per heavy atom. The number of aliphatic imine (C=N–C) groups is 1. The van der Waals surface area contributed by atoms with Crippen molar-refractivity contribution in [3.05, 3.63) is 52.9 Å². The molecule has 30 heavy (non-hydrogen) atoms. The first kappa shape index (κ1) is 26.9. The molecular weight excluding hydrogens is 531 g/mol. The van der Waals surface area contributed by atoms with Crippen molar-refractivity contribution in [2.75, 3.05) is 26.2 Å². The van der Waals surface area contributed by atoms with Crippen LogP contribution in [-0.4, -0.2) is 44.9 Å². The Kier molecular flexibility index (Phi) is 11.9. The zero-order chi connectivity index (χ0) is 21.3. The average Bonchev–Trinajstić information content (AvgIpc) is 3.19. The zero-order valence-electron chi connectivity index (χ0n) is 18.1. The molecule has 0 aliphatic rings. The summed E-state index contributed by atoms with van der Waals surface area (Å²) in [4.78, 5) is 5.67. The first-order chi connectivity index (χ1) is 13.9. The molecule has 0 saturated carbocycles. The van der Waals surface area contributed by atoms with E-state index >= 15 is 0 Å². The van der Waals surface area contributed by atoms with Gasteiger partial charge in [-0.3, -0.25) is 4.99 Å². The molecule has 0 aliphatic heterocycles. The quantitative estimate of drug-likeness (QED) is 0.257. The fourth-order valence-electron chi connectivity index (χ4n) is 2.95. The van der Waals surface area contributed by atoms with Crippen LogP contribution in [0.5, 0.6) is 0 Å². The van der Waals surface area contributed by atoms with Crippen molar-refractivity contribution in [2.45, 2.75) is 44.4 Å². The van der Waals surface area contributed by atoms with E-state index in [1.165, 1.54) is 21.2 Å². The SMILES string of the molecule is CCNC(=NCCc1ccc(S(=O)(=O)N(CC)CC)s1)NC(C)c1ccccc1.I. The van der Waals surface area contributed by atoms with Crippen molar-refractivity contribution in [3.63, 3.8) is 0 Å². The Morgan fingerprint density at radius 2 is 1.77 bits per heavy atom. The normalized spacial score (nSPS) is 13.0. The number of guanidine groups is 1. The van der Waals surface area contributed by atoms with Crippen LogP contribution < -0.4 is 10.6 Å². The smallest absolute Gasteiger partial charge is 0.252 e. The van der Waals surface area contributed by atoms with Crippen LogP contribution >= 0.6 is 35.3 Å². The van der Waals surface area contributed by atoms with Gasteiger partial charge in [0, 0.05) is 37.5 Å². The second kappa shape index (κ2) is 13.3. The third-order valence-electron chi connectivity index (χ3n) is 4.56. The lowest BCUT2D eigenvalue weighted by molar-refractivity contribution is 0.447. The number of benzene rings is 1. The van der Waals surface area contributed by atoms with E-state index in [0.29, 0.717) is 30.3 Å². The number of nitrogens with zero attached hydrogens (tertiary/aromatic N) is 2. The van der Waals surface area contributed by atoms with Crippen molar-refractivity contribution in [1.29, 1.82) is 0 Å². The summed E-state index contributed by atoms with van der Waals surface area (Å²) >= 11 is 1.33. The first-order valence-corrected chi connectivity index (χ1v) is 12.4. The van der Waals surface area contributed by atoms with Gasteiger partial charge in [0.15, 0.2) is 5.96 Å². The fraction of sp³-hybridized carbons (Fsp3) is 0.476. The van der Waals surface area contributed by atoms with E-state index in [1.807, 2.05) is 45.0 Å². The van der Waals surface area contributed by atoms with Crippen molar-refractivity contribution in [1.82, 2.24) is 14.9 Å². The topological polar surface area (TPSA) is 73.8 Å². The van der Waals surface area contributed by atoms with Crippen molar-refractivity contribution in [2.24, 2.45) is 4.99 Å². The number of sulfonamides is 1. The number of nitrogens with one attached hydrogen (secondary N) is 2. The number of rotatable bonds is 10. The van der Waals surface area contributed by atoms with Crippen molar-refractivity contribution >= 4 is 51.3 Å². The number of hydrogen-bond acceptors (Lipinski definition) is 4. The molecule has 2 N–H and O–H groups in total. The average molecular weight is 565 g/mol. The van der Waals surface area contributed by atoms with E-state index in [4.69, 9.17) is 0 Å². The van der Waals surface area contributed by atoms with Crippen LogP contribution in [0.1, 0.15) is 44.2 Å². The predicted molar refractivity (Wildman–Crippen MR) is 138 cm³/mol. The minimum Gasteiger partial charge on any atom is -0.357 e. The Labute approximate surface area is 202 Å². The summed E-state index contributed by atoms with van der Waals surface area (Å²) in [5, 5.41) is 6.69. The number of halogens is 1. The molecule has 1 aromatic carbocycles. The van der Waals surface area contributed by atoms with Crippen LogP contribution in [0, 0.1) is 0 Å². The minimum atomic E-state index is -3.39. The predicted octanol–water partition coefficient (Wildman–Crippen LogP) is 4.26. The van der Waals surface area contributed by atoms with Crippen LogP contribution in [0.15, 0.2) is 51.7 Å². The van der Waals surface area contributed by atoms with Gasteiger partial charge in [-0.25, -0.2) is 8.42 Å². The minimum absolute atomic E-state index is 0. The van der Waals surface area contributed by atoms with E-state index in [2.05, 4.69) is 34.7 Å². The van der Waals surface area contributed by atoms with Gasteiger partial charge < -0.3 is 10.6 Å². The van der Waals surface area contributed by atoms with E-state index in [-0.39, 0.29) is 30.0 Å². The molecule has 0 aliphatic carbocycles. The van der Waals surface area contributed by atoms with Gasteiger partial charge in [0.1, 0.15) is 4.21 Å². The van der Waals surface area contributed by atoms with Gasteiger partial charge in [-0.2, -0.15) is 4.31 Å². The lowest BCUT2D eigenvalue weighted by atomic mass is 10.1. The molecule has 0 saturated heterocycles. The molecular formula is C21H33IN4O2S2. The van der Waals surface area contributed by atoms with Crippen LogP contribution in [-0.2, 0) is 16.4 Å². The third-order valence-corrected chi connectivity index (χ3v) is 8.22. The Balaban J connectivity index is 0.00000450. The lowest BCUT2D eigenvalue weighted by Crippen LogP contribution is -2.38. The molecule has 2 aromatic rings.